The van der Waals surface area contributed by atoms with Crippen LogP contribution in [-0.2, 0) is 16.0 Å². The van der Waals surface area contributed by atoms with Crippen molar-refractivity contribution in [2.45, 2.75) is 31.6 Å². The lowest BCUT2D eigenvalue weighted by molar-refractivity contribution is -0.167. The standard InChI is InChI=1S/C31H27F5N4O5/c1-16-5-8-24(44-2)28(38-16)20-7-6-17(19-4-3-9-37-27(19)20)12-23(30(42)43)39-29(41)26-21(32)13-18(14-22(26)33)40-10-11-45-15-25(40)31(34,35)36/h3-9,13-14,23,25H,10-12,15H2,1-2H3,(H,39,41)(H,42,43)/t23-,25?/m0/s1. The van der Waals surface area contributed by atoms with Crippen molar-refractivity contribution in [1.29, 1.82) is 0 Å². The van der Waals surface area contributed by atoms with E-state index < -0.39 is 59.6 Å². The Morgan fingerprint density at radius 3 is 2.56 bits per heavy atom. The number of carbonyl (C=O) groups is 2. The highest BCUT2D eigenvalue weighted by Gasteiger charge is 2.46. The summed E-state index contributed by atoms with van der Waals surface area (Å²) in [7, 11) is 1.50. The van der Waals surface area contributed by atoms with Gasteiger partial charge in [-0.1, -0.05) is 18.2 Å². The number of nitrogens with one attached hydrogen (secondary N) is 1. The van der Waals surface area contributed by atoms with Gasteiger partial charge in [0, 0.05) is 41.5 Å². The number of hydrogen-bond donors (Lipinski definition) is 2. The number of ether oxygens (including phenoxy) is 2. The number of hydrogen-bond acceptors (Lipinski definition) is 7. The first-order valence-corrected chi connectivity index (χ1v) is 13.7. The highest BCUT2D eigenvalue weighted by Crippen LogP contribution is 2.35. The molecule has 1 amide bonds. The summed E-state index contributed by atoms with van der Waals surface area (Å²) in [6.45, 7) is 0.701. The highest BCUT2D eigenvalue weighted by molar-refractivity contribution is 5.99. The number of morpholine rings is 1. The van der Waals surface area contributed by atoms with Gasteiger partial charge in [-0.15, -0.1) is 0 Å². The van der Waals surface area contributed by atoms with Gasteiger partial charge in [0.2, 0.25) is 0 Å². The lowest BCUT2D eigenvalue weighted by Gasteiger charge is -2.38. The fourth-order valence-electron chi connectivity index (χ4n) is 5.28. The van der Waals surface area contributed by atoms with Gasteiger partial charge in [0.25, 0.3) is 5.91 Å². The summed E-state index contributed by atoms with van der Waals surface area (Å²) in [4.78, 5) is 35.0. The van der Waals surface area contributed by atoms with Crippen molar-refractivity contribution in [3.05, 3.63) is 83.2 Å². The van der Waals surface area contributed by atoms with E-state index in [1.54, 1.807) is 42.6 Å². The first kappa shape index (κ1) is 31.6. The molecule has 2 atom stereocenters. The zero-order chi connectivity index (χ0) is 32.5. The van der Waals surface area contributed by atoms with Gasteiger partial charge in [-0.25, -0.2) is 18.6 Å². The van der Waals surface area contributed by atoms with Gasteiger partial charge in [-0.3, -0.25) is 9.78 Å². The van der Waals surface area contributed by atoms with Gasteiger partial charge in [0.15, 0.2) is 0 Å². The summed E-state index contributed by atoms with van der Waals surface area (Å²) in [6.07, 6.45) is -3.47. The van der Waals surface area contributed by atoms with Crippen molar-refractivity contribution in [3.63, 3.8) is 0 Å². The summed E-state index contributed by atoms with van der Waals surface area (Å²) in [6, 6.07) is 7.69. The smallest absolute Gasteiger partial charge is 0.411 e. The number of pyridine rings is 2. The monoisotopic (exact) mass is 630 g/mol. The number of aromatic nitrogens is 2. The molecule has 1 unspecified atom stereocenters. The van der Waals surface area contributed by atoms with Crippen LogP contribution in [0.2, 0.25) is 0 Å². The molecule has 14 heteroatoms. The molecule has 0 bridgehead atoms. The first-order valence-electron chi connectivity index (χ1n) is 13.7. The SMILES string of the molecule is COc1ccc(C)nc1-c1ccc(C[C@H](NC(=O)c2c(F)cc(N3CCOCC3C(F)(F)F)cc2F)C(=O)O)c2cccnc12. The van der Waals surface area contributed by atoms with Gasteiger partial charge >= 0.3 is 12.1 Å². The Kier molecular flexibility index (Phi) is 8.87. The summed E-state index contributed by atoms with van der Waals surface area (Å²) in [5, 5.41) is 12.6. The molecule has 0 spiro atoms. The molecular weight excluding hydrogens is 603 g/mol. The van der Waals surface area contributed by atoms with Crippen LogP contribution in [0.5, 0.6) is 5.75 Å². The van der Waals surface area contributed by atoms with Gasteiger partial charge in [-0.2, -0.15) is 13.2 Å². The van der Waals surface area contributed by atoms with E-state index in [4.69, 9.17) is 9.47 Å². The quantitative estimate of drug-likeness (QED) is 0.259. The molecule has 9 nitrogen and oxygen atoms in total. The molecule has 0 radical (unpaired) electrons. The summed E-state index contributed by atoms with van der Waals surface area (Å²) in [5.74, 6) is -5.26. The maximum Gasteiger partial charge on any atom is 0.411 e. The maximum absolute atomic E-state index is 15.1. The van der Waals surface area contributed by atoms with Gasteiger partial charge in [0.1, 0.15) is 40.7 Å². The molecule has 45 heavy (non-hydrogen) atoms. The second-order valence-electron chi connectivity index (χ2n) is 10.4. The van der Waals surface area contributed by atoms with Crippen molar-refractivity contribution in [1.82, 2.24) is 15.3 Å². The molecule has 1 saturated heterocycles. The number of rotatable bonds is 8. The Morgan fingerprint density at radius 2 is 1.89 bits per heavy atom. The molecule has 4 aromatic rings. The van der Waals surface area contributed by atoms with Crippen LogP contribution in [0.25, 0.3) is 22.2 Å². The number of nitrogens with zero attached hydrogens (tertiary/aromatic N) is 3. The lowest BCUT2D eigenvalue weighted by atomic mass is 9.96. The topological polar surface area (TPSA) is 114 Å². The lowest BCUT2D eigenvalue weighted by Crippen LogP contribution is -2.53. The minimum atomic E-state index is -4.74. The van der Waals surface area contributed by atoms with Crippen molar-refractivity contribution in [2.75, 3.05) is 31.8 Å². The fourth-order valence-corrected chi connectivity index (χ4v) is 5.28. The number of carbonyl (C=O) groups excluding carboxylic acids is 1. The third-order valence-corrected chi connectivity index (χ3v) is 7.45. The molecule has 2 N–H and O–H groups in total. The van der Waals surface area contributed by atoms with E-state index >= 15 is 8.78 Å². The van der Waals surface area contributed by atoms with E-state index in [0.29, 0.717) is 45.6 Å². The predicted octanol–water partition coefficient (Wildman–Crippen LogP) is 5.09. The normalized spacial score (nSPS) is 16.0. The molecule has 3 heterocycles. The Bertz CT molecular complexity index is 1740. The van der Waals surface area contributed by atoms with E-state index in [0.717, 1.165) is 10.6 Å². The number of fused-ring (bicyclic) bond motifs is 1. The number of anilines is 1. The average molecular weight is 631 g/mol. The van der Waals surface area contributed by atoms with E-state index in [2.05, 4.69) is 15.3 Å². The Hall–Kier alpha value is -4.85. The Balaban J connectivity index is 1.43. The predicted molar refractivity (Wildman–Crippen MR) is 153 cm³/mol. The summed E-state index contributed by atoms with van der Waals surface area (Å²) in [5.41, 5.74) is 1.25. The average Bonchev–Trinajstić information content (AvgIpc) is 3.00. The summed E-state index contributed by atoms with van der Waals surface area (Å²) >= 11 is 0. The number of methoxy groups -OCH3 is 1. The number of aryl methyl sites for hydroxylation is 1. The highest BCUT2D eigenvalue weighted by atomic mass is 19.4. The van der Waals surface area contributed by atoms with Crippen LogP contribution in [0.15, 0.2) is 54.7 Å². The third kappa shape index (κ3) is 6.50. The van der Waals surface area contributed by atoms with Gasteiger partial charge in [-0.05, 0) is 42.8 Å². The van der Waals surface area contributed by atoms with Crippen molar-refractivity contribution in [3.8, 4) is 17.0 Å². The van der Waals surface area contributed by atoms with E-state index in [1.807, 2.05) is 6.92 Å². The number of carboxylic acid groups (broad SMARTS) is 1. The first-order chi connectivity index (χ1) is 21.4. The fraction of sp³-hybridized carbons (Fsp3) is 0.290. The minimum absolute atomic E-state index is 0.0986. The number of benzene rings is 2. The summed E-state index contributed by atoms with van der Waals surface area (Å²) < 4.78 is 81.1. The number of carboxylic acids is 1. The largest absolute Gasteiger partial charge is 0.494 e. The van der Waals surface area contributed by atoms with Gasteiger partial charge in [0.05, 0.1) is 25.8 Å². The van der Waals surface area contributed by atoms with E-state index in [9.17, 15) is 27.9 Å². The van der Waals surface area contributed by atoms with Crippen LogP contribution in [0.3, 0.4) is 0 Å². The Morgan fingerprint density at radius 1 is 1.16 bits per heavy atom. The van der Waals surface area contributed by atoms with Crippen molar-refractivity contribution >= 4 is 28.5 Å². The molecule has 2 aromatic heterocycles. The Labute approximate surface area is 253 Å². The van der Waals surface area contributed by atoms with Crippen molar-refractivity contribution in [2.24, 2.45) is 0 Å². The second kappa shape index (κ2) is 12.6. The van der Waals surface area contributed by atoms with Crippen LogP contribution in [0.4, 0.5) is 27.6 Å². The number of aliphatic carboxylic acids is 1. The molecule has 236 valence electrons. The van der Waals surface area contributed by atoms with Crippen LogP contribution >= 0.6 is 0 Å². The molecule has 0 saturated carbocycles. The molecule has 5 rings (SSSR count). The van der Waals surface area contributed by atoms with Crippen LogP contribution in [0.1, 0.15) is 21.6 Å². The zero-order valence-corrected chi connectivity index (χ0v) is 24.0. The zero-order valence-electron chi connectivity index (χ0n) is 24.0. The van der Waals surface area contributed by atoms with E-state index in [-0.39, 0.29) is 19.6 Å². The van der Waals surface area contributed by atoms with Gasteiger partial charge < -0.3 is 24.8 Å². The molecule has 2 aromatic carbocycles. The van der Waals surface area contributed by atoms with Crippen LogP contribution < -0.4 is 15.0 Å². The second-order valence-corrected chi connectivity index (χ2v) is 10.4. The third-order valence-electron chi connectivity index (χ3n) is 7.45. The number of alkyl halides is 3. The molecular formula is C31H27F5N4O5. The molecule has 0 aliphatic carbocycles. The minimum Gasteiger partial charge on any atom is -0.494 e. The number of halogens is 5. The van der Waals surface area contributed by atoms with Crippen LogP contribution in [-0.4, -0.2) is 72.1 Å². The molecule has 1 aliphatic rings. The maximum atomic E-state index is 15.1. The molecule has 1 fully saturated rings. The number of amides is 1. The van der Waals surface area contributed by atoms with E-state index in [1.165, 1.54) is 7.11 Å². The van der Waals surface area contributed by atoms with Crippen molar-refractivity contribution < 1.29 is 46.1 Å². The molecule has 1 aliphatic heterocycles. The van der Waals surface area contributed by atoms with Crippen LogP contribution in [0, 0.1) is 18.6 Å².